The minimum Gasteiger partial charge on any atom is -0.545 e. The fourth-order valence-corrected chi connectivity index (χ4v) is 5.31. The Hall–Kier alpha value is -4.06. The van der Waals surface area contributed by atoms with Gasteiger partial charge in [0, 0.05) is 11.1 Å². The number of carboxylic acids is 2. The summed E-state index contributed by atoms with van der Waals surface area (Å²) >= 11 is 0. The Morgan fingerprint density at radius 2 is 0.769 bits per heavy atom. The molecule has 0 heterocycles. The molecule has 0 aromatic heterocycles. The van der Waals surface area contributed by atoms with Gasteiger partial charge < -0.3 is 19.8 Å². The molecule has 0 aliphatic rings. The number of anilines is 2. The number of para-hydroxylation sites is 2. The Kier molecular flexibility index (Phi) is 10.9. The third kappa shape index (κ3) is 8.47. The minimum absolute atomic E-state index is 0. The van der Waals surface area contributed by atoms with E-state index in [9.17, 15) is 36.6 Å². The van der Waals surface area contributed by atoms with Gasteiger partial charge in [0.1, 0.15) is 0 Å². The number of benzene rings is 4. The normalized spacial score (nSPS) is 10.7. The topological polar surface area (TPSA) is 173 Å². The van der Waals surface area contributed by atoms with Crippen molar-refractivity contribution >= 4 is 43.4 Å². The van der Waals surface area contributed by atoms with Crippen LogP contribution in [0.5, 0.6) is 0 Å². The molecule has 0 spiro atoms. The summed E-state index contributed by atoms with van der Waals surface area (Å²) < 4.78 is 52.7. The van der Waals surface area contributed by atoms with Crippen LogP contribution in [0.15, 0.2) is 119 Å². The van der Waals surface area contributed by atoms with Gasteiger partial charge in [-0.1, -0.05) is 72.8 Å². The monoisotopic (exact) mass is 616 g/mol. The second-order valence-electron chi connectivity index (χ2n) is 7.50. The molecule has 0 aliphatic carbocycles. The number of nitrogens with one attached hydrogen (secondary N) is 2. The zero-order valence-electron chi connectivity index (χ0n) is 20.2. The number of carbonyl (C=O) groups excluding carboxylic acids is 2. The summed E-state index contributed by atoms with van der Waals surface area (Å²) in [7, 11) is -7.62. The number of carboxylic acid groups (broad SMARTS) is 2. The van der Waals surface area contributed by atoms with Crippen LogP contribution < -0.4 is 19.7 Å². The van der Waals surface area contributed by atoms with E-state index in [2.05, 4.69) is 9.44 Å². The van der Waals surface area contributed by atoms with Gasteiger partial charge in [-0.2, -0.15) is 0 Å². The quantitative estimate of drug-likeness (QED) is 0.281. The molecule has 0 saturated heterocycles. The molecule has 0 aliphatic heterocycles. The summed E-state index contributed by atoms with van der Waals surface area (Å²) in [6, 6.07) is 26.7. The molecule has 0 amide bonds. The summed E-state index contributed by atoms with van der Waals surface area (Å²) in [6.07, 6.45) is 0. The van der Waals surface area contributed by atoms with Gasteiger partial charge in [-0.05, 0) is 36.4 Å². The van der Waals surface area contributed by atoms with Gasteiger partial charge in [0.15, 0.2) is 0 Å². The van der Waals surface area contributed by atoms with Crippen LogP contribution in [-0.2, 0) is 39.5 Å². The molecule has 4 aromatic rings. The largest absolute Gasteiger partial charge is 2.00 e. The first kappa shape index (κ1) is 31.2. The Balaban J connectivity index is 0.000000267. The molecule has 196 valence electrons. The van der Waals surface area contributed by atoms with Crippen molar-refractivity contribution in [1.29, 1.82) is 0 Å². The van der Waals surface area contributed by atoms with Crippen molar-refractivity contribution in [3.63, 3.8) is 0 Å². The number of hydrogen-bond donors (Lipinski definition) is 2. The van der Waals surface area contributed by atoms with Crippen LogP contribution in [0.4, 0.5) is 11.4 Å². The predicted molar refractivity (Wildman–Crippen MR) is 136 cm³/mol. The van der Waals surface area contributed by atoms with Crippen molar-refractivity contribution in [3.05, 3.63) is 120 Å². The standard InChI is InChI=1S/2C13H11NO4S.Zn/c2*15-13(16)11-8-4-5-9-12(11)14-19(17,18)10-6-2-1-3-7-10;/h2*1-9,14H,(H,15,16);/q;;+2/p-2. The van der Waals surface area contributed by atoms with Gasteiger partial charge in [-0.25, -0.2) is 16.8 Å². The predicted octanol–water partition coefficient (Wildman–Crippen LogP) is 1.70. The van der Waals surface area contributed by atoms with E-state index in [1.165, 1.54) is 72.8 Å². The first-order valence-corrected chi connectivity index (χ1v) is 13.7. The van der Waals surface area contributed by atoms with Crippen molar-refractivity contribution in [1.82, 2.24) is 0 Å². The van der Waals surface area contributed by atoms with Crippen LogP contribution in [0.2, 0.25) is 0 Å². The van der Waals surface area contributed by atoms with E-state index < -0.39 is 32.0 Å². The number of rotatable bonds is 8. The molecule has 4 rings (SSSR count). The third-order valence-corrected chi connectivity index (χ3v) is 7.65. The smallest absolute Gasteiger partial charge is 0.545 e. The SMILES string of the molecule is O=C([O-])c1ccccc1NS(=O)(=O)c1ccccc1.O=C([O-])c1ccccc1NS(=O)(=O)c1ccccc1.[Zn+2]. The Morgan fingerprint density at radius 3 is 1.08 bits per heavy atom. The summed E-state index contributed by atoms with van der Waals surface area (Å²) in [6.45, 7) is 0. The van der Waals surface area contributed by atoms with Gasteiger partial charge in [0.25, 0.3) is 20.0 Å². The van der Waals surface area contributed by atoms with Crippen LogP contribution in [0, 0.1) is 0 Å². The van der Waals surface area contributed by atoms with E-state index in [0.29, 0.717) is 0 Å². The fraction of sp³-hybridized carbons (Fsp3) is 0. The molecule has 4 aromatic carbocycles. The molecule has 0 saturated carbocycles. The second-order valence-corrected chi connectivity index (χ2v) is 10.9. The molecule has 0 unspecified atom stereocenters. The second kappa shape index (κ2) is 13.7. The Morgan fingerprint density at radius 1 is 0.487 bits per heavy atom. The summed E-state index contributed by atoms with van der Waals surface area (Å²) in [5.41, 5.74) is -0.457. The van der Waals surface area contributed by atoms with Gasteiger partial charge >= 0.3 is 19.5 Å². The molecule has 0 fully saturated rings. The van der Waals surface area contributed by atoms with Crippen molar-refractivity contribution in [2.24, 2.45) is 0 Å². The molecule has 2 N–H and O–H groups in total. The molecule has 0 bridgehead atoms. The third-order valence-electron chi connectivity index (χ3n) is 4.89. The van der Waals surface area contributed by atoms with Crippen LogP contribution in [0.3, 0.4) is 0 Å². The average molecular weight is 618 g/mol. The fourth-order valence-electron chi connectivity index (χ4n) is 3.11. The van der Waals surface area contributed by atoms with Crippen molar-refractivity contribution in [3.8, 4) is 0 Å². The van der Waals surface area contributed by atoms with E-state index in [-0.39, 0.29) is 51.8 Å². The maximum atomic E-state index is 12.1. The van der Waals surface area contributed by atoms with Crippen molar-refractivity contribution < 1.29 is 56.1 Å². The van der Waals surface area contributed by atoms with Crippen molar-refractivity contribution in [2.75, 3.05) is 9.44 Å². The number of sulfonamides is 2. The summed E-state index contributed by atoms with van der Waals surface area (Å²) in [5, 5.41) is 21.8. The van der Waals surface area contributed by atoms with Crippen LogP contribution in [0.1, 0.15) is 20.7 Å². The van der Waals surface area contributed by atoms with E-state index in [0.717, 1.165) is 0 Å². The van der Waals surface area contributed by atoms with Crippen LogP contribution in [0.25, 0.3) is 0 Å². The maximum Gasteiger partial charge on any atom is 2.00 e. The molecule has 10 nitrogen and oxygen atoms in total. The Labute approximate surface area is 238 Å². The molecular weight excluding hydrogens is 598 g/mol. The summed E-state index contributed by atoms with van der Waals surface area (Å²) in [4.78, 5) is 21.9. The zero-order valence-corrected chi connectivity index (χ0v) is 24.8. The van der Waals surface area contributed by atoms with Crippen LogP contribution >= 0.6 is 0 Å². The van der Waals surface area contributed by atoms with Crippen molar-refractivity contribution in [2.45, 2.75) is 9.79 Å². The Bertz CT molecular complexity index is 1520. The number of hydrogen-bond acceptors (Lipinski definition) is 8. The first-order valence-electron chi connectivity index (χ1n) is 10.8. The number of aromatic carboxylic acids is 2. The van der Waals surface area contributed by atoms with E-state index >= 15 is 0 Å². The molecule has 0 atom stereocenters. The van der Waals surface area contributed by atoms with Gasteiger partial charge in [0.2, 0.25) is 0 Å². The number of carbonyl (C=O) groups is 2. The first-order chi connectivity index (χ1) is 18.0. The van der Waals surface area contributed by atoms with Gasteiger partial charge in [-0.3, -0.25) is 9.44 Å². The van der Waals surface area contributed by atoms with Gasteiger partial charge in [-0.15, -0.1) is 0 Å². The zero-order chi connectivity index (χ0) is 27.8. The average Bonchev–Trinajstić information content (AvgIpc) is 2.90. The molecule has 13 heteroatoms. The summed E-state index contributed by atoms with van der Waals surface area (Å²) in [5.74, 6) is -2.88. The minimum atomic E-state index is -3.81. The molecule has 39 heavy (non-hydrogen) atoms. The molecule has 0 radical (unpaired) electrons. The maximum absolute atomic E-state index is 12.1. The van der Waals surface area contributed by atoms with Crippen LogP contribution in [-0.4, -0.2) is 28.8 Å². The molecular formula is C26H20N2O8S2Zn. The van der Waals surface area contributed by atoms with E-state index in [4.69, 9.17) is 0 Å². The van der Waals surface area contributed by atoms with E-state index in [1.807, 2.05) is 0 Å². The van der Waals surface area contributed by atoms with Gasteiger partial charge in [0.05, 0.1) is 33.1 Å². The van der Waals surface area contributed by atoms with E-state index in [1.54, 1.807) is 36.4 Å².